The number of hydrogen-bond acceptors (Lipinski definition) is 1. The summed E-state index contributed by atoms with van der Waals surface area (Å²) in [6, 6.07) is 0. The molecule has 0 aliphatic heterocycles. The highest BCUT2D eigenvalue weighted by Crippen LogP contribution is 1.88. The van der Waals surface area contributed by atoms with Crippen LogP contribution in [-0.2, 0) is 5.11 Å². The number of hydrogen-bond donors (Lipinski definition) is 1. The second kappa shape index (κ2) is 2.57. The highest BCUT2D eigenvalue weighted by atomic mass is 16.3. The molecule has 1 N–H and O–H groups in total. The van der Waals surface area contributed by atoms with Crippen molar-refractivity contribution in [2.45, 2.75) is 13.3 Å². The molecule has 2 nitrogen and oxygen atoms in total. The Kier molecular flexibility index (Phi) is 2.29. The van der Waals surface area contributed by atoms with Crippen LogP contribution in [0.4, 0.5) is 0 Å². The van der Waals surface area contributed by atoms with E-state index in [2.05, 4.69) is 0 Å². The van der Waals surface area contributed by atoms with E-state index in [4.69, 9.17) is 5.11 Å². The van der Waals surface area contributed by atoms with Crippen molar-refractivity contribution in [2.24, 2.45) is 0 Å². The second-order valence-electron chi connectivity index (χ2n) is 0.963. The highest BCUT2D eigenvalue weighted by Gasteiger charge is 1.80. The topological polar surface area (TPSA) is 40.1 Å². The molecule has 0 bridgehead atoms. The molecule has 0 spiro atoms. The Balaban J connectivity index is 3.22. The lowest BCUT2D eigenvalue weighted by molar-refractivity contribution is 0.295. The first kappa shape index (κ1) is 5.34. The van der Waals surface area contributed by atoms with E-state index in [-0.39, 0.29) is 5.76 Å². The zero-order valence-corrected chi connectivity index (χ0v) is 3.64. The third kappa shape index (κ3) is 1.64. The molecule has 0 heterocycles. The number of allylic oxidation sites excluding steroid dienone is 1. The molecule has 0 saturated carbocycles. The van der Waals surface area contributed by atoms with E-state index in [9.17, 15) is 5.11 Å². The molecular weight excluding hydrogens is 80.0 g/mol. The van der Waals surface area contributed by atoms with E-state index in [1.54, 1.807) is 6.92 Å². The molecule has 0 saturated heterocycles. The molecule has 0 aromatic rings. The molecule has 0 aromatic carbocycles. The van der Waals surface area contributed by atoms with Gasteiger partial charge in [0.25, 0.3) is 0 Å². The second-order valence-corrected chi connectivity index (χ2v) is 0.963. The molecular formula is C4H7O2. The molecule has 1 radical (unpaired) electrons. The van der Waals surface area contributed by atoms with E-state index < -0.39 is 0 Å². The molecule has 0 aliphatic carbocycles. The first-order chi connectivity index (χ1) is 2.81. The van der Waals surface area contributed by atoms with Gasteiger partial charge in [0.05, 0.1) is 0 Å². The normalized spacial score (nSPS) is 11.8. The monoisotopic (exact) mass is 87.0 g/mol. The average Bonchev–Trinajstić information content (AvgIpc) is 1.65. The maximum Gasteiger partial charge on any atom is 0.180 e. The summed E-state index contributed by atoms with van der Waals surface area (Å²) in [4.78, 5) is 0. The Hall–Kier alpha value is -0.660. The van der Waals surface area contributed by atoms with Crippen LogP contribution in [0.15, 0.2) is 12.0 Å². The highest BCUT2D eigenvalue weighted by molar-refractivity contribution is 4.79. The summed E-state index contributed by atoms with van der Waals surface area (Å²) >= 11 is 0. The van der Waals surface area contributed by atoms with Crippen LogP contribution in [0.1, 0.15) is 13.3 Å². The quantitative estimate of drug-likeness (QED) is 0.480. The van der Waals surface area contributed by atoms with Crippen molar-refractivity contribution in [3.05, 3.63) is 12.0 Å². The fourth-order valence-electron chi connectivity index (χ4n) is 0.0833. The Morgan fingerprint density at radius 3 is 2.50 bits per heavy atom. The van der Waals surface area contributed by atoms with Gasteiger partial charge in [-0.3, -0.25) is 5.11 Å². The van der Waals surface area contributed by atoms with Crippen molar-refractivity contribution in [3.63, 3.8) is 0 Å². The minimum absolute atomic E-state index is 0.0880. The van der Waals surface area contributed by atoms with E-state index in [1.165, 1.54) is 0 Å². The van der Waals surface area contributed by atoms with Gasteiger partial charge in [-0.15, -0.1) is 0 Å². The molecule has 0 aliphatic rings. The minimum Gasteiger partial charge on any atom is -0.509 e. The van der Waals surface area contributed by atoms with Gasteiger partial charge in [0.2, 0.25) is 0 Å². The maximum atomic E-state index is 9.45. The fraction of sp³-hybridized carbons (Fsp3) is 0.500. The van der Waals surface area contributed by atoms with Crippen LogP contribution >= 0.6 is 0 Å². The molecule has 35 valence electrons. The summed E-state index contributed by atoms with van der Waals surface area (Å²) in [6.07, 6.45) is 0.878. The zero-order chi connectivity index (χ0) is 4.99. The van der Waals surface area contributed by atoms with Crippen LogP contribution in [0.25, 0.3) is 0 Å². The Bertz CT molecular complexity index is 56.6. The largest absolute Gasteiger partial charge is 0.509 e. The molecule has 0 unspecified atom stereocenters. The van der Waals surface area contributed by atoms with Gasteiger partial charge in [-0.25, -0.2) is 0 Å². The molecule has 0 fully saturated rings. The van der Waals surface area contributed by atoms with Crippen LogP contribution in [0.3, 0.4) is 0 Å². The Morgan fingerprint density at radius 1 is 2.00 bits per heavy atom. The third-order valence-electron chi connectivity index (χ3n) is 0.498. The third-order valence-corrected chi connectivity index (χ3v) is 0.498. The predicted molar refractivity (Wildman–Crippen MR) is 21.7 cm³/mol. The number of rotatable bonds is 1. The Labute approximate surface area is 36.7 Å². The van der Waals surface area contributed by atoms with Gasteiger partial charge < -0.3 is 5.11 Å². The van der Waals surface area contributed by atoms with Crippen molar-refractivity contribution < 1.29 is 10.2 Å². The lowest BCUT2D eigenvalue weighted by Gasteiger charge is -1.81. The summed E-state index contributed by atoms with van der Waals surface area (Å²) in [5.41, 5.74) is 0. The summed E-state index contributed by atoms with van der Waals surface area (Å²) in [7, 11) is 0. The standard InChI is InChI=1S/C4H7O2/c1-2-4(6)3-5/h3,6H,2H2,1H3/b4-3-. The molecule has 2 heteroatoms. The minimum atomic E-state index is -0.0880. The van der Waals surface area contributed by atoms with Crippen molar-refractivity contribution in [1.29, 1.82) is 0 Å². The van der Waals surface area contributed by atoms with Crippen LogP contribution in [-0.4, -0.2) is 5.11 Å². The maximum absolute atomic E-state index is 9.45. The predicted octanol–water partition coefficient (Wildman–Crippen LogP) is 1.23. The van der Waals surface area contributed by atoms with Crippen molar-refractivity contribution in [2.75, 3.05) is 0 Å². The Morgan fingerprint density at radius 2 is 2.50 bits per heavy atom. The molecule has 0 amide bonds. The smallest absolute Gasteiger partial charge is 0.180 e. The number of aliphatic hydroxyl groups excluding tert-OH is 1. The first-order valence-electron chi connectivity index (χ1n) is 1.81. The fourth-order valence-corrected chi connectivity index (χ4v) is 0.0833. The van der Waals surface area contributed by atoms with Crippen molar-refractivity contribution in [3.8, 4) is 0 Å². The molecule has 0 aromatic heterocycles. The average molecular weight is 87.1 g/mol. The van der Waals surface area contributed by atoms with Crippen molar-refractivity contribution >= 4 is 0 Å². The number of aliphatic hydroxyl groups is 1. The van der Waals surface area contributed by atoms with Gasteiger partial charge in [0.15, 0.2) is 6.26 Å². The summed E-state index contributed by atoms with van der Waals surface area (Å²) < 4.78 is 0. The van der Waals surface area contributed by atoms with Gasteiger partial charge >= 0.3 is 0 Å². The van der Waals surface area contributed by atoms with Gasteiger partial charge in [-0.2, -0.15) is 0 Å². The van der Waals surface area contributed by atoms with Crippen LogP contribution in [0.5, 0.6) is 0 Å². The SMILES string of the molecule is CC/C(O)=C/[O]. The van der Waals surface area contributed by atoms with Crippen LogP contribution < -0.4 is 0 Å². The lowest BCUT2D eigenvalue weighted by Crippen LogP contribution is -1.71. The van der Waals surface area contributed by atoms with Gasteiger partial charge in [-0.05, 0) is 0 Å². The first-order valence-corrected chi connectivity index (χ1v) is 1.81. The molecule has 0 atom stereocenters. The van der Waals surface area contributed by atoms with Crippen LogP contribution in [0, 0.1) is 0 Å². The van der Waals surface area contributed by atoms with E-state index in [1.807, 2.05) is 0 Å². The van der Waals surface area contributed by atoms with E-state index >= 15 is 0 Å². The van der Waals surface area contributed by atoms with Crippen LogP contribution in [0.2, 0.25) is 0 Å². The summed E-state index contributed by atoms with van der Waals surface area (Å²) in [6.45, 7) is 1.71. The van der Waals surface area contributed by atoms with E-state index in [0.717, 1.165) is 0 Å². The van der Waals surface area contributed by atoms with Gasteiger partial charge in [0.1, 0.15) is 5.76 Å². The molecule has 6 heavy (non-hydrogen) atoms. The zero-order valence-electron chi connectivity index (χ0n) is 3.64. The van der Waals surface area contributed by atoms with Gasteiger partial charge in [-0.1, -0.05) is 6.92 Å². The summed E-state index contributed by atoms with van der Waals surface area (Å²) in [5.74, 6) is -0.0880. The lowest BCUT2D eigenvalue weighted by atomic mass is 10.4. The van der Waals surface area contributed by atoms with E-state index in [0.29, 0.717) is 12.7 Å². The van der Waals surface area contributed by atoms with Gasteiger partial charge in [0, 0.05) is 6.42 Å². The van der Waals surface area contributed by atoms with Crippen molar-refractivity contribution in [1.82, 2.24) is 0 Å². The summed E-state index contributed by atoms with van der Waals surface area (Å²) in [5, 5.41) is 17.7. The molecule has 0 rings (SSSR count).